The van der Waals surface area contributed by atoms with Crippen LogP contribution in [-0.4, -0.2) is 22.0 Å². The molecule has 1 saturated carbocycles. The minimum Gasteiger partial charge on any atom is -0.364 e. The first-order valence-corrected chi connectivity index (χ1v) is 7.16. The number of hydrogen-bond donors (Lipinski definition) is 0. The lowest BCUT2D eigenvalue weighted by molar-refractivity contribution is -0.135. The van der Waals surface area contributed by atoms with Gasteiger partial charge < -0.3 is 9.42 Å². The Balaban J connectivity index is 1.74. The van der Waals surface area contributed by atoms with Crippen molar-refractivity contribution in [3.05, 3.63) is 53.7 Å². The number of benzene rings is 1. The minimum atomic E-state index is -0.268. The lowest BCUT2D eigenvalue weighted by Gasteiger charge is -2.37. The molecule has 1 amide bonds. The van der Waals surface area contributed by atoms with Gasteiger partial charge in [-0.15, -0.1) is 0 Å². The van der Waals surface area contributed by atoms with Crippen molar-refractivity contribution < 1.29 is 13.7 Å². The Kier molecular flexibility index (Phi) is 3.99. The van der Waals surface area contributed by atoms with E-state index in [4.69, 9.17) is 4.52 Å². The van der Waals surface area contributed by atoms with Gasteiger partial charge in [0.05, 0.1) is 12.1 Å². The molecule has 0 spiro atoms. The lowest BCUT2D eigenvalue weighted by Crippen LogP contribution is -2.44. The van der Waals surface area contributed by atoms with Crippen LogP contribution in [0.4, 0.5) is 4.39 Å². The molecule has 5 heteroatoms. The molecule has 0 saturated heterocycles. The minimum absolute atomic E-state index is 0.0307. The molecule has 0 radical (unpaired) electrons. The fourth-order valence-corrected chi connectivity index (χ4v) is 2.51. The predicted molar refractivity (Wildman–Crippen MR) is 74.8 cm³/mol. The highest BCUT2D eigenvalue weighted by Gasteiger charge is 2.29. The first-order chi connectivity index (χ1) is 10.2. The van der Waals surface area contributed by atoms with E-state index in [1.165, 1.54) is 12.3 Å². The van der Waals surface area contributed by atoms with E-state index in [-0.39, 0.29) is 24.2 Å². The van der Waals surface area contributed by atoms with Gasteiger partial charge in [0.1, 0.15) is 12.1 Å². The quantitative estimate of drug-likeness (QED) is 0.849. The molecule has 3 rings (SSSR count). The van der Waals surface area contributed by atoms with Gasteiger partial charge in [-0.2, -0.15) is 0 Å². The number of nitrogens with zero attached hydrogens (tertiary/aromatic N) is 2. The SMILES string of the molecule is O=C(Cc1ccon1)N(Cc1ccccc1F)C1CCC1. The molecule has 1 aromatic carbocycles. The van der Waals surface area contributed by atoms with Crippen LogP contribution in [0.25, 0.3) is 0 Å². The van der Waals surface area contributed by atoms with Crippen LogP contribution in [-0.2, 0) is 17.8 Å². The van der Waals surface area contributed by atoms with E-state index < -0.39 is 0 Å². The average Bonchev–Trinajstić information content (AvgIpc) is 2.91. The van der Waals surface area contributed by atoms with Crippen molar-refractivity contribution in [2.45, 2.75) is 38.3 Å². The Morgan fingerprint density at radius 3 is 2.76 bits per heavy atom. The van der Waals surface area contributed by atoms with E-state index in [1.54, 1.807) is 29.2 Å². The molecule has 0 unspecified atom stereocenters. The zero-order chi connectivity index (χ0) is 14.7. The monoisotopic (exact) mass is 288 g/mol. The number of rotatable bonds is 5. The zero-order valence-corrected chi connectivity index (χ0v) is 11.7. The van der Waals surface area contributed by atoms with Gasteiger partial charge in [0.15, 0.2) is 0 Å². The summed E-state index contributed by atoms with van der Waals surface area (Å²) in [6.07, 6.45) is 4.74. The number of hydrogen-bond acceptors (Lipinski definition) is 3. The summed E-state index contributed by atoms with van der Waals surface area (Å²) in [4.78, 5) is 14.3. The van der Waals surface area contributed by atoms with E-state index in [2.05, 4.69) is 5.16 Å². The summed E-state index contributed by atoms with van der Waals surface area (Å²) in [5.41, 5.74) is 1.16. The normalized spacial score (nSPS) is 14.7. The molecular weight excluding hydrogens is 271 g/mol. The van der Waals surface area contributed by atoms with Crippen LogP contribution in [0.3, 0.4) is 0 Å². The lowest BCUT2D eigenvalue weighted by atomic mass is 9.90. The first-order valence-electron chi connectivity index (χ1n) is 7.16. The van der Waals surface area contributed by atoms with Crippen LogP contribution in [0, 0.1) is 5.82 Å². The molecule has 4 nitrogen and oxygen atoms in total. The maximum absolute atomic E-state index is 13.8. The van der Waals surface area contributed by atoms with E-state index in [9.17, 15) is 9.18 Å². The summed E-state index contributed by atoms with van der Waals surface area (Å²) >= 11 is 0. The van der Waals surface area contributed by atoms with Crippen LogP contribution in [0.5, 0.6) is 0 Å². The molecule has 0 N–H and O–H groups in total. The van der Waals surface area contributed by atoms with Gasteiger partial charge in [-0.25, -0.2) is 4.39 Å². The Hall–Kier alpha value is -2.17. The third kappa shape index (κ3) is 3.12. The molecule has 1 aromatic heterocycles. The topological polar surface area (TPSA) is 46.3 Å². The third-order valence-electron chi connectivity index (χ3n) is 3.96. The van der Waals surface area contributed by atoms with E-state index in [0.717, 1.165) is 19.3 Å². The van der Waals surface area contributed by atoms with Crippen LogP contribution in [0.15, 0.2) is 41.1 Å². The highest BCUT2D eigenvalue weighted by Crippen LogP contribution is 2.27. The summed E-state index contributed by atoms with van der Waals surface area (Å²) < 4.78 is 18.6. The van der Waals surface area contributed by atoms with Crippen molar-refractivity contribution >= 4 is 5.91 Å². The number of amides is 1. The summed E-state index contributed by atoms with van der Waals surface area (Å²) in [5.74, 6) is -0.298. The Labute approximate surface area is 122 Å². The van der Waals surface area contributed by atoms with Crippen molar-refractivity contribution in [3.8, 4) is 0 Å². The van der Waals surface area contributed by atoms with E-state index >= 15 is 0 Å². The van der Waals surface area contributed by atoms with Gasteiger partial charge in [-0.1, -0.05) is 23.4 Å². The Morgan fingerprint density at radius 2 is 2.14 bits per heavy atom. The highest BCUT2D eigenvalue weighted by atomic mass is 19.1. The maximum atomic E-state index is 13.8. The molecule has 2 aromatic rings. The largest absolute Gasteiger partial charge is 0.364 e. The molecule has 110 valence electrons. The summed E-state index contributed by atoms with van der Waals surface area (Å²) in [5, 5.41) is 3.77. The van der Waals surface area contributed by atoms with Crippen LogP contribution in [0.2, 0.25) is 0 Å². The number of halogens is 1. The first kappa shape index (κ1) is 13.8. The van der Waals surface area contributed by atoms with Crippen molar-refractivity contribution in [2.24, 2.45) is 0 Å². The summed E-state index contributed by atoms with van der Waals surface area (Å²) in [6.45, 7) is 0.314. The second-order valence-corrected chi connectivity index (χ2v) is 5.37. The van der Waals surface area contributed by atoms with Crippen molar-refractivity contribution in [1.29, 1.82) is 0 Å². The smallest absolute Gasteiger partial charge is 0.229 e. The van der Waals surface area contributed by atoms with Gasteiger partial charge in [-0.05, 0) is 25.3 Å². The fourth-order valence-electron chi connectivity index (χ4n) is 2.51. The van der Waals surface area contributed by atoms with Crippen molar-refractivity contribution in [2.75, 3.05) is 0 Å². The van der Waals surface area contributed by atoms with Gasteiger partial charge in [-0.3, -0.25) is 4.79 Å². The number of carbonyl (C=O) groups is 1. The van der Waals surface area contributed by atoms with Gasteiger partial charge in [0, 0.05) is 24.2 Å². The number of carbonyl (C=O) groups excluding carboxylic acids is 1. The second-order valence-electron chi connectivity index (χ2n) is 5.37. The maximum Gasteiger partial charge on any atom is 0.229 e. The Bertz CT molecular complexity index is 608. The summed E-state index contributed by atoms with van der Waals surface area (Å²) in [6, 6.07) is 8.49. The molecule has 0 aliphatic heterocycles. The number of aromatic nitrogens is 1. The predicted octanol–water partition coefficient (Wildman–Crippen LogP) is 2.94. The molecule has 1 heterocycles. The van der Waals surface area contributed by atoms with Crippen molar-refractivity contribution in [3.63, 3.8) is 0 Å². The van der Waals surface area contributed by atoms with Crippen molar-refractivity contribution in [1.82, 2.24) is 10.1 Å². The zero-order valence-electron chi connectivity index (χ0n) is 11.7. The fraction of sp³-hybridized carbons (Fsp3) is 0.375. The molecule has 1 fully saturated rings. The molecule has 21 heavy (non-hydrogen) atoms. The van der Waals surface area contributed by atoms with Crippen LogP contribution in [0.1, 0.15) is 30.5 Å². The highest BCUT2D eigenvalue weighted by molar-refractivity contribution is 5.78. The second kappa shape index (κ2) is 6.08. The Morgan fingerprint density at radius 1 is 1.33 bits per heavy atom. The molecule has 1 aliphatic carbocycles. The van der Waals surface area contributed by atoms with E-state index in [1.807, 2.05) is 0 Å². The van der Waals surface area contributed by atoms with Gasteiger partial charge in [0.25, 0.3) is 0 Å². The third-order valence-corrected chi connectivity index (χ3v) is 3.96. The molecular formula is C16H17FN2O2. The molecule has 0 bridgehead atoms. The average molecular weight is 288 g/mol. The van der Waals surface area contributed by atoms with Gasteiger partial charge in [0.2, 0.25) is 5.91 Å². The summed E-state index contributed by atoms with van der Waals surface area (Å²) in [7, 11) is 0. The molecule has 1 aliphatic rings. The van der Waals surface area contributed by atoms with Crippen LogP contribution < -0.4 is 0 Å². The molecule has 0 atom stereocenters. The van der Waals surface area contributed by atoms with Crippen LogP contribution >= 0.6 is 0 Å². The van der Waals surface area contributed by atoms with E-state index in [0.29, 0.717) is 17.8 Å². The standard InChI is InChI=1S/C16H17FN2O2/c17-15-7-2-1-4-12(15)11-19(14-5-3-6-14)16(20)10-13-8-9-21-18-13/h1-2,4,7-9,14H,3,5-6,10-11H2. The van der Waals surface area contributed by atoms with Gasteiger partial charge >= 0.3 is 0 Å².